The number of pyridine rings is 1. The van der Waals surface area contributed by atoms with Gasteiger partial charge < -0.3 is 9.88 Å². The van der Waals surface area contributed by atoms with Crippen molar-refractivity contribution < 1.29 is 13.2 Å². The highest BCUT2D eigenvalue weighted by molar-refractivity contribution is 7.89. The Morgan fingerprint density at radius 1 is 1.14 bits per heavy atom. The van der Waals surface area contributed by atoms with Gasteiger partial charge >= 0.3 is 0 Å². The highest BCUT2D eigenvalue weighted by Gasteiger charge is 2.22. The van der Waals surface area contributed by atoms with Crippen molar-refractivity contribution >= 4 is 21.6 Å². The molecule has 0 saturated heterocycles. The van der Waals surface area contributed by atoms with E-state index in [1.54, 1.807) is 13.8 Å². The smallest absolute Gasteiger partial charge is 0.251 e. The Labute approximate surface area is 170 Å². The fraction of sp³-hybridized carbons (Fsp3) is 0.474. The summed E-state index contributed by atoms with van der Waals surface area (Å²) in [6.45, 7) is 9.69. The van der Waals surface area contributed by atoms with E-state index in [-0.39, 0.29) is 16.9 Å². The van der Waals surface area contributed by atoms with Crippen LogP contribution in [0.25, 0.3) is 0 Å². The normalized spacial score (nSPS) is 12.2. The fourth-order valence-corrected chi connectivity index (χ4v) is 4.11. The van der Waals surface area contributed by atoms with E-state index >= 15 is 0 Å². The van der Waals surface area contributed by atoms with E-state index in [1.165, 1.54) is 29.0 Å². The van der Waals surface area contributed by atoms with Crippen LogP contribution in [0.4, 0.5) is 5.69 Å². The number of hydrogen-bond acceptors (Lipinski definition) is 6. The standard InChI is InChI=1S/C19H27N5O4S/c1-6-24(7-2)29(27,28)15-8-9-17(26)23(12-15)13-16(25)22-14-10-20-18(21-11-14)19(3,4)5/h8-12H,6-7,13H2,1-5H3,(H,22,25). The van der Waals surface area contributed by atoms with Crippen LogP contribution in [0.3, 0.4) is 0 Å². The number of nitrogens with one attached hydrogen (secondary N) is 1. The topological polar surface area (TPSA) is 114 Å². The van der Waals surface area contributed by atoms with Crippen LogP contribution in [-0.4, -0.2) is 46.3 Å². The summed E-state index contributed by atoms with van der Waals surface area (Å²) in [7, 11) is -3.73. The van der Waals surface area contributed by atoms with Crippen molar-refractivity contribution in [2.45, 2.75) is 51.5 Å². The Hall–Kier alpha value is -2.59. The molecule has 2 aromatic heterocycles. The first-order chi connectivity index (χ1) is 13.5. The zero-order valence-corrected chi connectivity index (χ0v) is 18.2. The van der Waals surface area contributed by atoms with Gasteiger partial charge in [-0.25, -0.2) is 18.4 Å². The van der Waals surface area contributed by atoms with E-state index in [2.05, 4.69) is 15.3 Å². The minimum atomic E-state index is -3.73. The van der Waals surface area contributed by atoms with Crippen molar-refractivity contribution in [3.63, 3.8) is 0 Å². The minimum Gasteiger partial charge on any atom is -0.322 e. The molecule has 0 fully saturated rings. The second-order valence-corrected chi connectivity index (χ2v) is 9.45. The maximum Gasteiger partial charge on any atom is 0.251 e. The van der Waals surface area contributed by atoms with Gasteiger partial charge in [0, 0.05) is 30.8 Å². The van der Waals surface area contributed by atoms with Gasteiger partial charge in [-0.2, -0.15) is 4.31 Å². The Morgan fingerprint density at radius 2 is 1.72 bits per heavy atom. The van der Waals surface area contributed by atoms with Crippen LogP contribution in [0.15, 0.2) is 40.4 Å². The molecule has 9 nitrogen and oxygen atoms in total. The molecular formula is C19H27N5O4S. The van der Waals surface area contributed by atoms with Crippen molar-refractivity contribution in [2.75, 3.05) is 18.4 Å². The monoisotopic (exact) mass is 421 g/mol. The Morgan fingerprint density at radius 3 is 2.24 bits per heavy atom. The first kappa shape index (κ1) is 22.7. The summed E-state index contributed by atoms with van der Waals surface area (Å²) in [4.78, 5) is 32.9. The fourth-order valence-electron chi connectivity index (χ4n) is 2.63. The van der Waals surface area contributed by atoms with Gasteiger partial charge in [0.05, 0.1) is 23.0 Å². The lowest BCUT2D eigenvalue weighted by Crippen LogP contribution is -2.33. The summed E-state index contributed by atoms with van der Waals surface area (Å²) in [6, 6.07) is 2.40. The van der Waals surface area contributed by atoms with Crippen molar-refractivity contribution in [2.24, 2.45) is 0 Å². The summed E-state index contributed by atoms with van der Waals surface area (Å²) >= 11 is 0. The molecule has 2 rings (SSSR count). The second kappa shape index (κ2) is 8.83. The van der Waals surface area contributed by atoms with E-state index in [4.69, 9.17) is 0 Å². The van der Waals surface area contributed by atoms with Gasteiger partial charge in [0.15, 0.2) is 0 Å². The molecule has 0 spiro atoms. The van der Waals surface area contributed by atoms with Crippen molar-refractivity contribution in [3.05, 3.63) is 46.9 Å². The number of carbonyl (C=O) groups excluding carboxylic acids is 1. The van der Waals surface area contributed by atoms with E-state index in [1.807, 2.05) is 20.8 Å². The molecule has 0 aliphatic carbocycles. The van der Waals surface area contributed by atoms with Crippen LogP contribution >= 0.6 is 0 Å². The van der Waals surface area contributed by atoms with Crippen molar-refractivity contribution in [1.29, 1.82) is 0 Å². The predicted molar refractivity (Wildman–Crippen MR) is 110 cm³/mol. The van der Waals surface area contributed by atoms with Crippen molar-refractivity contribution in [1.82, 2.24) is 18.8 Å². The molecule has 0 saturated carbocycles. The molecule has 1 amide bonds. The molecule has 2 heterocycles. The number of carbonyl (C=O) groups is 1. The molecule has 2 aromatic rings. The zero-order valence-electron chi connectivity index (χ0n) is 17.3. The summed E-state index contributed by atoms with van der Waals surface area (Å²) in [5, 5.41) is 2.62. The Kier molecular flexibility index (Phi) is 6.91. The highest BCUT2D eigenvalue weighted by atomic mass is 32.2. The lowest BCUT2D eigenvalue weighted by atomic mass is 9.96. The number of rotatable bonds is 7. The maximum absolute atomic E-state index is 12.6. The third-order valence-electron chi connectivity index (χ3n) is 4.22. The van der Waals surface area contributed by atoms with Crippen LogP contribution in [0, 0.1) is 0 Å². The molecule has 158 valence electrons. The van der Waals surface area contributed by atoms with Crippen LogP contribution in [0.2, 0.25) is 0 Å². The molecule has 0 aliphatic heterocycles. The summed E-state index contributed by atoms with van der Waals surface area (Å²) in [6.07, 6.45) is 4.18. The van der Waals surface area contributed by atoms with Gasteiger partial charge in [-0.15, -0.1) is 0 Å². The first-order valence-electron chi connectivity index (χ1n) is 9.32. The minimum absolute atomic E-state index is 0.0357. The summed E-state index contributed by atoms with van der Waals surface area (Å²) in [5.41, 5.74) is -0.298. The number of aromatic nitrogens is 3. The van der Waals surface area contributed by atoms with Gasteiger partial charge in [-0.1, -0.05) is 34.6 Å². The van der Waals surface area contributed by atoms with Crippen LogP contribution < -0.4 is 10.9 Å². The van der Waals surface area contributed by atoms with E-state index in [0.717, 1.165) is 10.6 Å². The van der Waals surface area contributed by atoms with Crippen molar-refractivity contribution in [3.8, 4) is 0 Å². The largest absolute Gasteiger partial charge is 0.322 e. The average Bonchev–Trinajstić information content (AvgIpc) is 2.63. The molecule has 0 unspecified atom stereocenters. The van der Waals surface area contributed by atoms with E-state index < -0.39 is 21.5 Å². The zero-order chi connectivity index (χ0) is 21.8. The molecule has 0 aromatic carbocycles. The Balaban J connectivity index is 2.19. The summed E-state index contributed by atoms with van der Waals surface area (Å²) < 4.78 is 27.6. The SMILES string of the molecule is CCN(CC)S(=O)(=O)c1ccc(=O)n(CC(=O)Nc2cnc(C(C)(C)C)nc2)c1. The first-order valence-corrected chi connectivity index (χ1v) is 10.8. The molecule has 0 aliphatic rings. The predicted octanol–water partition coefficient (Wildman–Crippen LogP) is 1.60. The molecule has 1 N–H and O–H groups in total. The maximum atomic E-state index is 12.6. The molecule has 10 heteroatoms. The van der Waals surface area contributed by atoms with E-state index in [0.29, 0.717) is 24.6 Å². The molecule has 0 radical (unpaired) electrons. The van der Waals surface area contributed by atoms with Gasteiger partial charge in [0.1, 0.15) is 12.4 Å². The number of hydrogen-bond donors (Lipinski definition) is 1. The van der Waals surface area contributed by atoms with Gasteiger partial charge in [0.2, 0.25) is 15.9 Å². The molecular weight excluding hydrogens is 394 g/mol. The van der Waals surface area contributed by atoms with E-state index in [9.17, 15) is 18.0 Å². The van der Waals surface area contributed by atoms with Gasteiger partial charge in [-0.3, -0.25) is 9.59 Å². The number of amides is 1. The number of anilines is 1. The Bertz CT molecular complexity index is 1020. The third kappa shape index (κ3) is 5.48. The quantitative estimate of drug-likeness (QED) is 0.726. The van der Waals surface area contributed by atoms with Crippen LogP contribution in [-0.2, 0) is 26.8 Å². The molecule has 0 atom stereocenters. The average molecular weight is 422 g/mol. The lowest BCUT2D eigenvalue weighted by Gasteiger charge is -2.19. The van der Waals surface area contributed by atoms with Crippen LogP contribution in [0.5, 0.6) is 0 Å². The third-order valence-corrected chi connectivity index (χ3v) is 6.25. The molecule has 29 heavy (non-hydrogen) atoms. The number of nitrogens with zero attached hydrogens (tertiary/aromatic N) is 4. The lowest BCUT2D eigenvalue weighted by molar-refractivity contribution is -0.116. The molecule has 0 bridgehead atoms. The van der Waals surface area contributed by atoms with Crippen LogP contribution in [0.1, 0.15) is 40.4 Å². The second-order valence-electron chi connectivity index (χ2n) is 7.51. The summed E-state index contributed by atoms with van der Waals surface area (Å²) in [5.74, 6) is 0.151. The van der Waals surface area contributed by atoms with Gasteiger partial charge in [-0.05, 0) is 6.07 Å². The number of sulfonamides is 1. The highest BCUT2D eigenvalue weighted by Crippen LogP contribution is 2.18. The van der Waals surface area contributed by atoms with Gasteiger partial charge in [0.25, 0.3) is 5.56 Å².